The molecule has 1 aliphatic heterocycles. The number of nitrogens with one attached hydrogen (secondary N) is 1. The minimum absolute atomic E-state index is 0.180. The Labute approximate surface area is 133 Å². The summed E-state index contributed by atoms with van der Waals surface area (Å²) in [5.41, 5.74) is 3.26. The van der Waals surface area contributed by atoms with E-state index in [-0.39, 0.29) is 5.83 Å². The smallest absolute Gasteiger partial charge is 0.0974 e. The van der Waals surface area contributed by atoms with Gasteiger partial charge in [0.2, 0.25) is 0 Å². The van der Waals surface area contributed by atoms with Gasteiger partial charge in [0, 0.05) is 13.6 Å². The van der Waals surface area contributed by atoms with Gasteiger partial charge in [-0.25, -0.2) is 4.39 Å². The van der Waals surface area contributed by atoms with E-state index in [1.54, 1.807) is 6.08 Å². The summed E-state index contributed by atoms with van der Waals surface area (Å²) in [5, 5.41) is 2.95. The quantitative estimate of drug-likeness (QED) is 0.789. The largest absolute Gasteiger partial charge is 0.394 e. The van der Waals surface area contributed by atoms with Crippen LogP contribution in [0.3, 0.4) is 0 Å². The van der Waals surface area contributed by atoms with Crippen LogP contribution in [0.5, 0.6) is 0 Å². The van der Waals surface area contributed by atoms with Gasteiger partial charge < -0.3 is 5.32 Å². The van der Waals surface area contributed by atoms with Gasteiger partial charge in [0.25, 0.3) is 0 Å². The zero-order valence-electron chi connectivity index (χ0n) is 13.5. The second-order valence-corrected chi connectivity index (χ2v) is 5.64. The number of halogens is 1. The summed E-state index contributed by atoms with van der Waals surface area (Å²) in [6.07, 6.45) is 9.84. The molecule has 1 aliphatic rings. The monoisotopic (exact) mass is 300 g/mol. The van der Waals surface area contributed by atoms with Crippen LogP contribution >= 0.6 is 0 Å². The van der Waals surface area contributed by atoms with E-state index < -0.39 is 0 Å². The number of nitrogens with zero attached hydrogens (tertiary/aromatic N) is 1. The highest BCUT2D eigenvalue weighted by molar-refractivity contribution is 5.77. The minimum Gasteiger partial charge on any atom is -0.394 e. The first-order valence-corrected chi connectivity index (χ1v) is 7.89. The van der Waals surface area contributed by atoms with Crippen LogP contribution in [0.25, 0.3) is 5.57 Å². The lowest BCUT2D eigenvalue weighted by Crippen LogP contribution is -2.19. The molecular weight excluding hydrogens is 275 g/mol. The normalized spacial score (nSPS) is 17.4. The van der Waals surface area contributed by atoms with E-state index in [0.29, 0.717) is 0 Å². The van der Waals surface area contributed by atoms with Crippen molar-refractivity contribution in [1.29, 1.82) is 0 Å². The van der Waals surface area contributed by atoms with Crippen LogP contribution in [0.4, 0.5) is 4.39 Å². The first-order chi connectivity index (χ1) is 10.7. The van der Waals surface area contributed by atoms with Gasteiger partial charge in [-0.05, 0) is 67.9 Å². The lowest BCUT2D eigenvalue weighted by molar-refractivity contribution is 0.331. The molecule has 1 aromatic rings. The molecule has 0 unspecified atom stereocenters. The molecule has 2 nitrogen and oxygen atoms in total. The molecule has 3 heteroatoms. The summed E-state index contributed by atoms with van der Waals surface area (Å²) in [6, 6.07) is 8.29. The van der Waals surface area contributed by atoms with Gasteiger partial charge in [-0.3, -0.25) is 4.90 Å². The zero-order chi connectivity index (χ0) is 15.8. The molecule has 0 aromatic heterocycles. The van der Waals surface area contributed by atoms with Crippen LogP contribution < -0.4 is 5.32 Å². The Morgan fingerprint density at radius 1 is 1.27 bits per heavy atom. The molecule has 0 atom stereocenters. The van der Waals surface area contributed by atoms with E-state index >= 15 is 0 Å². The molecule has 1 saturated heterocycles. The molecule has 0 bridgehead atoms. The van der Waals surface area contributed by atoms with Gasteiger partial charge in [-0.15, -0.1) is 0 Å². The third kappa shape index (κ3) is 4.85. The van der Waals surface area contributed by atoms with E-state index in [1.807, 2.05) is 31.5 Å². The van der Waals surface area contributed by atoms with Gasteiger partial charge in [0.15, 0.2) is 0 Å². The van der Waals surface area contributed by atoms with Crippen LogP contribution in [0, 0.1) is 0 Å². The maximum Gasteiger partial charge on any atom is 0.0974 e. The van der Waals surface area contributed by atoms with Gasteiger partial charge in [-0.1, -0.05) is 30.3 Å². The molecule has 1 heterocycles. The highest BCUT2D eigenvalue weighted by atomic mass is 19.1. The van der Waals surface area contributed by atoms with Crippen molar-refractivity contribution in [3.8, 4) is 0 Å². The topological polar surface area (TPSA) is 15.3 Å². The number of hydrogen-bond acceptors (Lipinski definition) is 2. The van der Waals surface area contributed by atoms with Gasteiger partial charge >= 0.3 is 0 Å². The predicted molar refractivity (Wildman–Crippen MR) is 92.0 cm³/mol. The van der Waals surface area contributed by atoms with Crippen LogP contribution in [0.2, 0.25) is 0 Å². The van der Waals surface area contributed by atoms with Crippen molar-refractivity contribution in [3.05, 3.63) is 65.6 Å². The van der Waals surface area contributed by atoms with Crippen molar-refractivity contribution < 1.29 is 4.39 Å². The Bertz CT molecular complexity index is 563. The molecule has 118 valence electrons. The van der Waals surface area contributed by atoms with Gasteiger partial charge in [-0.2, -0.15) is 0 Å². The van der Waals surface area contributed by atoms with E-state index in [4.69, 9.17) is 0 Å². The molecule has 22 heavy (non-hydrogen) atoms. The summed E-state index contributed by atoms with van der Waals surface area (Å²) in [4.78, 5) is 2.46. The molecule has 0 amide bonds. The van der Waals surface area contributed by atoms with Crippen LogP contribution in [0.1, 0.15) is 30.9 Å². The third-order valence-electron chi connectivity index (χ3n) is 3.81. The number of allylic oxidation sites excluding steroid dienone is 5. The van der Waals surface area contributed by atoms with Crippen molar-refractivity contribution >= 4 is 5.57 Å². The van der Waals surface area contributed by atoms with Crippen molar-refractivity contribution in [3.63, 3.8) is 0 Å². The molecule has 0 aliphatic carbocycles. The molecule has 0 spiro atoms. The number of rotatable bonds is 6. The van der Waals surface area contributed by atoms with Crippen molar-refractivity contribution in [2.45, 2.75) is 26.3 Å². The SMILES string of the molecule is CN/C=C/C=C(\C=C(/C)F)c1ccccc1CN1CCCC1. The summed E-state index contributed by atoms with van der Waals surface area (Å²) in [7, 11) is 1.85. The van der Waals surface area contributed by atoms with Crippen molar-refractivity contribution in [2.75, 3.05) is 20.1 Å². The second kappa shape index (κ2) is 8.54. The van der Waals surface area contributed by atoms with E-state index in [1.165, 1.54) is 25.3 Å². The highest BCUT2D eigenvalue weighted by Gasteiger charge is 2.14. The zero-order valence-corrected chi connectivity index (χ0v) is 13.5. The van der Waals surface area contributed by atoms with E-state index in [0.717, 1.165) is 30.8 Å². The summed E-state index contributed by atoms with van der Waals surface area (Å²) in [5.74, 6) is -0.180. The Morgan fingerprint density at radius 2 is 2.00 bits per heavy atom. The lowest BCUT2D eigenvalue weighted by atomic mass is 9.98. The number of hydrogen-bond donors (Lipinski definition) is 1. The summed E-state index contributed by atoms with van der Waals surface area (Å²) < 4.78 is 13.5. The second-order valence-electron chi connectivity index (χ2n) is 5.64. The maximum absolute atomic E-state index is 13.5. The van der Waals surface area contributed by atoms with Gasteiger partial charge in [0.05, 0.1) is 5.83 Å². The van der Waals surface area contributed by atoms with Gasteiger partial charge in [0.1, 0.15) is 0 Å². The first-order valence-electron chi connectivity index (χ1n) is 7.89. The molecule has 0 saturated carbocycles. The molecule has 1 aromatic carbocycles. The van der Waals surface area contributed by atoms with E-state index in [9.17, 15) is 4.39 Å². The Balaban J connectivity index is 2.31. The molecular formula is C19H25FN2. The average molecular weight is 300 g/mol. The van der Waals surface area contributed by atoms with Crippen LogP contribution in [0.15, 0.2) is 54.5 Å². The van der Waals surface area contributed by atoms with Crippen LogP contribution in [-0.4, -0.2) is 25.0 Å². The summed E-state index contributed by atoms with van der Waals surface area (Å²) in [6.45, 7) is 4.73. The number of benzene rings is 1. The van der Waals surface area contributed by atoms with Crippen molar-refractivity contribution in [1.82, 2.24) is 10.2 Å². The van der Waals surface area contributed by atoms with E-state index in [2.05, 4.69) is 28.4 Å². The first kappa shape index (κ1) is 16.5. The lowest BCUT2D eigenvalue weighted by Gasteiger charge is -2.18. The molecule has 2 rings (SSSR count). The van der Waals surface area contributed by atoms with Crippen molar-refractivity contribution in [2.24, 2.45) is 0 Å². The Kier molecular flexibility index (Phi) is 6.41. The fourth-order valence-corrected chi connectivity index (χ4v) is 2.80. The summed E-state index contributed by atoms with van der Waals surface area (Å²) >= 11 is 0. The highest BCUT2D eigenvalue weighted by Crippen LogP contribution is 2.24. The average Bonchev–Trinajstić information content (AvgIpc) is 3.00. The molecule has 0 radical (unpaired) electrons. The fraction of sp³-hybridized carbons (Fsp3) is 0.368. The Morgan fingerprint density at radius 3 is 2.68 bits per heavy atom. The Hall–Kier alpha value is -1.87. The fourth-order valence-electron chi connectivity index (χ4n) is 2.80. The standard InChI is InChI=1S/C19H25FN2/c1-16(20)14-17(9-7-11-21-2)19-10-4-3-8-18(19)15-22-12-5-6-13-22/h3-4,7-11,14,21H,5-6,12-13,15H2,1-2H3/b11-7+,16-14+,17-9+. The third-order valence-corrected chi connectivity index (χ3v) is 3.81. The predicted octanol–water partition coefficient (Wildman–Crippen LogP) is 4.27. The molecule has 1 fully saturated rings. The maximum atomic E-state index is 13.5. The number of likely N-dealkylation sites (tertiary alicyclic amines) is 1. The molecule has 1 N–H and O–H groups in total. The minimum atomic E-state index is -0.180. The van der Waals surface area contributed by atoms with Crippen LogP contribution in [-0.2, 0) is 6.54 Å².